The van der Waals surface area contributed by atoms with Gasteiger partial charge in [0.05, 0.1) is 11.2 Å². The highest BCUT2D eigenvalue weighted by Gasteiger charge is 2.09. The lowest BCUT2D eigenvalue weighted by Crippen LogP contribution is -2.18. The smallest absolute Gasteiger partial charge is 0.110 e. The minimum absolute atomic E-state index is 0.145. The molecule has 2 aromatic rings. The van der Waals surface area contributed by atoms with Gasteiger partial charge in [-0.25, -0.2) is 4.98 Å². The van der Waals surface area contributed by atoms with Crippen LogP contribution < -0.4 is 5.73 Å². The van der Waals surface area contributed by atoms with E-state index in [2.05, 4.69) is 31.4 Å². The number of hydrogen-bond donors (Lipinski definition) is 1. The van der Waals surface area contributed by atoms with Crippen LogP contribution in [0.15, 0.2) is 22.8 Å². The van der Waals surface area contributed by atoms with Crippen LogP contribution in [0, 0.1) is 6.92 Å². The third kappa shape index (κ3) is 2.06. The van der Waals surface area contributed by atoms with Crippen molar-refractivity contribution in [2.24, 2.45) is 5.73 Å². The molecular weight excluding hydrogens is 254 g/mol. The molecule has 80 valence electrons. The number of fused-ring (bicyclic) bond motifs is 1. The molecule has 2 aromatic heterocycles. The zero-order valence-corrected chi connectivity index (χ0v) is 10.5. The lowest BCUT2D eigenvalue weighted by Gasteiger charge is -2.02. The molecular formula is C11H14BrN3. The predicted octanol–water partition coefficient (Wildman–Crippen LogP) is 2.29. The number of rotatable bonds is 2. The number of aromatic nitrogens is 2. The number of nitrogens with two attached hydrogens (primary N) is 1. The maximum Gasteiger partial charge on any atom is 0.110 e. The molecule has 0 radical (unpaired) electrons. The van der Waals surface area contributed by atoms with Crippen molar-refractivity contribution in [1.82, 2.24) is 9.38 Å². The lowest BCUT2D eigenvalue weighted by molar-refractivity contribution is 0.728. The van der Waals surface area contributed by atoms with Crippen LogP contribution in [0.1, 0.15) is 18.4 Å². The van der Waals surface area contributed by atoms with E-state index in [0.29, 0.717) is 0 Å². The van der Waals surface area contributed by atoms with Crippen LogP contribution in [0.4, 0.5) is 0 Å². The molecule has 0 bridgehead atoms. The lowest BCUT2D eigenvalue weighted by atomic mass is 10.2. The third-order valence-electron chi connectivity index (χ3n) is 2.37. The zero-order chi connectivity index (χ0) is 11.0. The van der Waals surface area contributed by atoms with Crippen LogP contribution in [0.5, 0.6) is 0 Å². The van der Waals surface area contributed by atoms with E-state index in [1.54, 1.807) is 0 Å². The average molecular weight is 268 g/mol. The number of imidazole rings is 1. The van der Waals surface area contributed by atoms with Crippen molar-refractivity contribution in [3.8, 4) is 0 Å². The van der Waals surface area contributed by atoms with E-state index in [4.69, 9.17) is 5.73 Å². The Morgan fingerprint density at radius 1 is 1.53 bits per heavy atom. The summed E-state index contributed by atoms with van der Waals surface area (Å²) < 4.78 is 3.14. The first-order valence-electron chi connectivity index (χ1n) is 4.96. The van der Waals surface area contributed by atoms with Gasteiger partial charge in [0.1, 0.15) is 5.82 Å². The second kappa shape index (κ2) is 3.94. The van der Waals surface area contributed by atoms with E-state index in [9.17, 15) is 0 Å². The summed E-state index contributed by atoms with van der Waals surface area (Å²) in [4.78, 5) is 4.53. The first-order chi connectivity index (χ1) is 7.08. The first-order valence-corrected chi connectivity index (χ1v) is 5.76. The normalized spacial score (nSPS) is 13.3. The minimum atomic E-state index is 0.145. The second-order valence-electron chi connectivity index (χ2n) is 3.89. The molecule has 0 saturated heterocycles. The van der Waals surface area contributed by atoms with E-state index < -0.39 is 0 Å². The van der Waals surface area contributed by atoms with Crippen LogP contribution in [-0.2, 0) is 6.42 Å². The Morgan fingerprint density at radius 3 is 2.93 bits per heavy atom. The predicted molar refractivity (Wildman–Crippen MR) is 65.0 cm³/mol. The summed E-state index contributed by atoms with van der Waals surface area (Å²) in [5, 5.41) is 0. The highest BCUT2D eigenvalue weighted by Crippen LogP contribution is 2.18. The molecule has 15 heavy (non-hydrogen) atoms. The van der Waals surface area contributed by atoms with Crippen molar-refractivity contribution in [2.75, 3.05) is 0 Å². The van der Waals surface area contributed by atoms with Crippen molar-refractivity contribution in [3.63, 3.8) is 0 Å². The summed E-state index contributed by atoms with van der Waals surface area (Å²) in [5.74, 6) is 1.00. The highest BCUT2D eigenvalue weighted by molar-refractivity contribution is 9.10. The number of halogens is 1. The summed E-state index contributed by atoms with van der Waals surface area (Å²) in [6.45, 7) is 4.00. The van der Waals surface area contributed by atoms with Gasteiger partial charge in [0.25, 0.3) is 0 Å². The molecule has 2 heterocycles. The Labute approximate surface area is 97.4 Å². The largest absolute Gasteiger partial charge is 0.328 e. The third-order valence-corrected chi connectivity index (χ3v) is 2.84. The first kappa shape index (κ1) is 10.6. The molecule has 1 unspecified atom stereocenters. The molecule has 0 aliphatic carbocycles. The number of hydrogen-bond acceptors (Lipinski definition) is 2. The minimum Gasteiger partial charge on any atom is -0.328 e. The Hall–Kier alpha value is -0.870. The van der Waals surface area contributed by atoms with E-state index in [-0.39, 0.29) is 6.04 Å². The van der Waals surface area contributed by atoms with Gasteiger partial charge in [0, 0.05) is 23.1 Å². The molecule has 0 spiro atoms. The Bertz CT molecular complexity index is 488. The van der Waals surface area contributed by atoms with Crippen molar-refractivity contribution in [1.29, 1.82) is 0 Å². The van der Waals surface area contributed by atoms with E-state index >= 15 is 0 Å². The summed E-state index contributed by atoms with van der Waals surface area (Å²) in [6, 6.07) is 4.25. The summed E-state index contributed by atoms with van der Waals surface area (Å²) in [6.07, 6.45) is 2.85. The standard InChI is InChI=1S/C11H14BrN3/c1-7(13)5-10-11-4-3-9(12)6-15(11)8(2)14-10/h3-4,6-7H,5,13H2,1-2H3. The molecule has 0 amide bonds. The van der Waals surface area contributed by atoms with E-state index in [1.807, 2.05) is 26.1 Å². The molecule has 2 N–H and O–H groups in total. The van der Waals surface area contributed by atoms with E-state index in [0.717, 1.165) is 27.9 Å². The van der Waals surface area contributed by atoms with Crippen molar-refractivity contribution >= 4 is 21.4 Å². The number of pyridine rings is 1. The van der Waals surface area contributed by atoms with Crippen LogP contribution in [-0.4, -0.2) is 15.4 Å². The summed E-state index contributed by atoms with van der Waals surface area (Å²) in [5.41, 5.74) is 8.02. The van der Waals surface area contributed by atoms with Gasteiger partial charge in [0.15, 0.2) is 0 Å². The Balaban J connectivity index is 2.57. The van der Waals surface area contributed by atoms with Gasteiger partial charge in [0.2, 0.25) is 0 Å². The van der Waals surface area contributed by atoms with Crippen molar-refractivity contribution in [3.05, 3.63) is 34.3 Å². The number of aryl methyl sites for hydroxylation is 1. The molecule has 0 aliphatic rings. The quantitative estimate of drug-likeness (QED) is 0.908. The monoisotopic (exact) mass is 267 g/mol. The van der Waals surface area contributed by atoms with Gasteiger partial charge >= 0.3 is 0 Å². The maximum absolute atomic E-state index is 5.80. The van der Waals surface area contributed by atoms with Crippen LogP contribution in [0.3, 0.4) is 0 Å². The highest BCUT2D eigenvalue weighted by atomic mass is 79.9. The molecule has 0 fully saturated rings. The van der Waals surface area contributed by atoms with Crippen molar-refractivity contribution < 1.29 is 0 Å². The SMILES string of the molecule is Cc1nc(CC(C)N)c2ccc(Br)cn12. The molecule has 3 nitrogen and oxygen atoms in total. The van der Waals surface area contributed by atoms with Crippen LogP contribution >= 0.6 is 15.9 Å². The molecule has 4 heteroatoms. The van der Waals surface area contributed by atoms with E-state index in [1.165, 1.54) is 0 Å². The fourth-order valence-electron chi connectivity index (χ4n) is 1.74. The van der Waals surface area contributed by atoms with Gasteiger partial charge in [-0.05, 0) is 41.9 Å². The topological polar surface area (TPSA) is 43.3 Å². The van der Waals surface area contributed by atoms with Gasteiger partial charge in [-0.15, -0.1) is 0 Å². The Morgan fingerprint density at radius 2 is 2.27 bits per heavy atom. The molecule has 0 aliphatic heterocycles. The van der Waals surface area contributed by atoms with Gasteiger partial charge in [-0.1, -0.05) is 0 Å². The zero-order valence-electron chi connectivity index (χ0n) is 8.87. The summed E-state index contributed by atoms with van der Waals surface area (Å²) in [7, 11) is 0. The molecule has 2 rings (SSSR count). The van der Waals surface area contributed by atoms with Crippen LogP contribution in [0.2, 0.25) is 0 Å². The van der Waals surface area contributed by atoms with Gasteiger partial charge in [-0.2, -0.15) is 0 Å². The molecule has 1 atom stereocenters. The van der Waals surface area contributed by atoms with Gasteiger partial charge < -0.3 is 10.1 Å². The number of nitrogens with zero attached hydrogens (tertiary/aromatic N) is 2. The summed E-state index contributed by atoms with van der Waals surface area (Å²) >= 11 is 3.45. The van der Waals surface area contributed by atoms with Crippen LogP contribution in [0.25, 0.3) is 5.52 Å². The van der Waals surface area contributed by atoms with Gasteiger partial charge in [-0.3, -0.25) is 0 Å². The Kier molecular flexibility index (Phi) is 2.80. The fourth-order valence-corrected chi connectivity index (χ4v) is 2.08. The maximum atomic E-state index is 5.80. The second-order valence-corrected chi connectivity index (χ2v) is 4.81. The molecule has 0 aromatic carbocycles. The fraction of sp³-hybridized carbons (Fsp3) is 0.364. The molecule has 0 saturated carbocycles. The average Bonchev–Trinajstić information content (AvgIpc) is 2.42. The van der Waals surface area contributed by atoms with Crippen molar-refractivity contribution in [2.45, 2.75) is 26.3 Å².